The number of benzene rings is 1. The highest BCUT2D eigenvalue weighted by Gasteiger charge is 2.30. The van der Waals surface area contributed by atoms with Gasteiger partial charge in [0.2, 0.25) is 5.43 Å². The molecule has 0 aliphatic carbocycles. The Morgan fingerprint density at radius 2 is 2.08 bits per heavy atom. The molecule has 0 unspecified atom stereocenters. The molecule has 0 bridgehead atoms. The minimum Gasteiger partial charge on any atom is -0.477 e. The zero-order valence-electron chi connectivity index (χ0n) is 13.3. The summed E-state index contributed by atoms with van der Waals surface area (Å²) >= 11 is 0. The van der Waals surface area contributed by atoms with Crippen molar-refractivity contribution in [3.63, 3.8) is 0 Å². The van der Waals surface area contributed by atoms with Gasteiger partial charge in [0.05, 0.1) is 11.2 Å². The minimum absolute atomic E-state index is 0.00957. The number of hydrogen-bond donors (Lipinski definition) is 2. The molecule has 2 aromatic rings. The summed E-state index contributed by atoms with van der Waals surface area (Å²) < 4.78 is 16.7. The largest absolute Gasteiger partial charge is 0.477 e. The number of pyridine rings is 1. The maximum absolute atomic E-state index is 14.9. The lowest BCUT2D eigenvalue weighted by Gasteiger charge is -2.31. The van der Waals surface area contributed by atoms with Crippen molar-refractivity contribution < 1.29 is 14.3 Å². The number of nitrogens with one attached hydrogen (secondary N) is 1. The Kier molecular flexibility index (Phi) is 3.35. The van der Waals surface area contributed by atoms with Crippen LogP contribution in [0, 0.1) is 5.82 Å². The second-order valence-corrected chi connectivity index (χ2v) is 6.46. The lowest BCUT2D eigenvalue weighted by Crippen LogP contribution is -2.44. The topological polar surface area (TPSA) is 74.6 Å². The van der Waals surface area contributed by atoms with E-state index in [-0.39, 0.29) is 17.0 Å². The number of halogens is 1. The molecule has 1 saturated heterocycles. The van der Waals surface area contributed by atoms with Gasteiger partial charge in [-0.15, -0.1) is 0 Å². The summed E-state index contributed by atoms with van der Waals surface area (Å²) in [5.41, 5.74) is 1.12. The number of anilines is 1. The number of hydrogen-bond acceptors (Lipinski definition) is 4. The lowest BCUT2D eigenvalue weighted by molar-refractivity contribution is 0.0694. The molecule has 1 fully saturated rings. The van der Waals surface area contributed by atoms with E-state index in [1.807, 2.05) is 11.8 Å². The Bertz CT molecular complexity index is 916. The number of nitrogens with zero attached hydrogens (tertiary/aromatic N) is 2. The molecule has 0 spiro atoms. The maximum atomic E-state index is 14.9. The Hall–Kier alpha value is -2.41. The summed E-state index contributed by atoms with van der Waals surface area (Å²) in [4.78, 5) is 25.8. The summed E-state index contributed by atoms with van der Waals surface area (Å²) in [6.45, 7) is 4.95. The van der Waals surface area contributed by atoms with Gasteiger partial charge in [-0.05, 0) is 19.4 Å². The van der Waals surface area contributed by atoms with Crippen LogP contribution in [0.1, 0.15) is 28.9 Å². The van der Waals surface area contributed by atoms with Gasteiger partial charge in [0.25, 0.3) is 0 Å². The molecule has 1 atom stereocenters. The number of piperazine rings is 1. The smallest absolute Gasteiger partial charge is 0.341 e. The summed E-state index contributed by atoms with van der Waals surface area (Å²) in [7, 11) is 0. The highest BCUT2D eigenvalue weighted by Crippen LogP contribution is 2.39. The molecule has 7 heteroatoms. The number of carboxylic acid groups (broad SMARTS) is 1. The molecule has 0 radical (unpaired) electrons. The molecule has 0 saturated carbocycles. The normalized spacial score (nSPS) is 19.9. The van der Waals surface area contributed by atoms with E-state index in [2.05, 4.69) is 5.32 Å². The van der Waals surface area contributed by atoms with E-state index in [0.29, 0.717) is 30.7 Å². The van der Waals surface area contributed by atoms with Gasteiger partial charge >= 0.3 is 5.97 Å². The van der Waals surface area contributed by atoms with Crippen molar-refractivity contribution in [2.24, 2.45) is 0 Å². The van der Waals surface area contributed by atoms with Crippen molar-refractivity contribution >= 4 is 22.6 Å². The van der Waals surface area contributed by atoms with Gasteiger partial charge in [-0.25, -0.2) is 9.18 Å². The lowest BCUT2D eigenvalue weighted by atomic mass is 10.0. The third-order valence-corrected chi connectivity index (χ3v) is 4.98. The second-order valence-electron chi connectivity index (χ2n) is 6.46. The molecule has 126 valence electrons. The fraction of sp³-hybridized carbons (Fsp3) is 0.412. The SMILES string of the molecule is C[C@H]1Cc2c(N3CCNCC3)c(F)cc3c(=O)c(C(=O)O)cn1c23. The van der Waals surface area contributed by atoms with E-state index >= 15 is 0 Å². The van der Waals surface area contributed by atoms with Crippen LogP contribution < -0.4 is 15.6 Å². The molecule has 2 aliphatic rings. The van der Waals surface area contributed by atoms with Crippen LogP contribution >= 0.6 is 0 Å². The summed E-state index contributed by atoms with van der Waals surface area (Å²) in [6, 6.07) is 1.20. The monoisotopic (exact) mass is 331 g/mol. The highest BCUT2D eigenvalue weighted by molar-refractivity contribution is 5.96. The van der Waals surface area contributed by atoms with E-state index < -0.39 is 17.2 Å². The third kappa shape index (κ3) is 2.04. The first-order valence-corrected chi connectivity index (χ1v) is 8.08. The van der Waals surface area contributed by atoms with Crippen LogP contribution in [0.3, 0.4) is 0 Å². The van der Waals surface area contributed by atoms with Crippen LogP contribution in [0.25, 0.3) is 10.9 Å². The predicted octanol–water partition coefficient (Wildman–Crippen LogP) is 1.37. The number of rotatable bonds is 2. The second kappa shape index (κ2) is 5.31. The number of carbonyl (C=O) groups is 1. The predicted molar refractivity (Wildman–Crippen MR) is 88.6 cm³/mol. The van der Waals surface area contributed by atoms with Crippen molar-refractivity contribution in [3.8, 4) is 0 Å². The van der Waals surface area contributed by atoms with Crippen LogP contribution in [-0.2, 0) is 6.42 Å². The molecule has 0 amide bonds. The van der Waals surface area contributed by atoms with E-state index in [1.54, 1.807) is 4.57 Å². The third-order valence-electron chi connectivity index (χ3n) is 4.98. The van der Waals surface area contributed by atoms with Crippen LogP contribution in [-0.4, -0.2) is 41.8 Å². The van der Waals surface area contributed by atoms with E-state index in [9.17, 15) is 19.1 Å². The van der Waals surface area contributed by atoms with E-state index in [0.717, 1.165) is 18.7 Å². The Balaban J connectivity index is 2.03. The first-order valence-electron chi connectivity index (χ1n) is 8.08. The fourth-order valence-electron chi connectivity index (χ4n) is 3.88. The number of aromatic nitrogens is 1. The maximum Gasteiger partial charge on any atom is 0.341 e. The Morgan fingerprint density at radius 3 is 2.75 bits per heavy atom. The molecule has 3 heterocycles. The van der Waals surface area contributed by atoms with Crippen LogP contribution in [0.2, 0.25) is 0 Å². The number of aromatic carboxylic acids is 1. The van der Waals surface area contributed by atoms with Crippen molar-refractivity contribution in [2.75, 3.05) is 31.1 Å². The molecule has 2 aliphatic heterocycles. The van der Waals surface area contributed by atoms with E-state index in [4.69, 9.17) is 0 Å². The summed E-state index contributed by atoms with van der Waals surface area (Å²) in [6.07, 6.45) is 1.99. The minimum atomic E-state index is -1.28. The number of carboxylic acids is 1. The van der Waals surface area contributed by atoms with Crippen molar-refractivity contribution in [2.45, 2.75) is 19.4 Å². The van der Waals surface area contributed by atoms with Gasteiger partial charge in [0, 0.05) is 49.4 Å². The molecule has 4 rings (SSSR count). The van der Waals surface area contributed by atoms with Crippen molar-refractivity contribution in [3.05, 3.63) is 39.4 Å². The molecule has 1 aromatic heterocycles. The van der Waals surface area contributed by atoms with Crippen LogP contribution in [0.4, 0.5) is 10.1 Å². The van der Waals surface area contributed by atoms with Gasteiger partial charge in [-0.2, -0.15) is 0 Å². The first kappa shape index (κ1) is 15.1. The van der Waals surface area contributed by atoms with Gasteiger partial charge in [-0.1, -0.05) is 0 Å². The van der Waals surface area contributed by atoms with Gasteiger partial charge in [0.15, 0.2) is 0 Å². The van der Waals surface area contributed by atoms with Gasteiger partial charge < -0.3 is 19.9 Å². The molecule has 1 aromatic carbocycles. The highest BCUT2D eigenvalue weighted by atomic mass is 19.1. The average molecular weight is 331 g/mol. The zero-order valence-corrected chi connectivity index (χ0v) is 13.3. The summed E-state index contributed by atoms with van der Waals surface area (Å²) in [5.74, 6) is -1.72. The average Bonchev–Trinajstić information content (AvgIpc) is 2.87. The first-order chi connectivity index (χ1) is 11.5. The quantitative estimate of drug-likeness (QED) is 0.869. The molecule has 6 nitrogen and oxygen atoms in total. The van der Waals surface area contributed by atoms with Gasteiger partial charge in [0.1, 0.15) is 11.4 Å². The molecule has 24 heavy (non-hydrogen) atoms. The zero-order chi connectivity index (χ0) is 17.0. The standard InChI is InChI=1S/C17H18FN3O3/c1-9-6-10-14-11(16(22)12(17(23)24)8-21(9)14)7-13(18)15(10)20-4-2-19-3-5-20/h7-9,19H,2-6H2,1H3,(H,23,24)/t9-/m0/s1. The van der Waals surface area contributed by atoms with Crippen molar-refractivity contribution in [1.82, 2.24) is 9.88 Å². The van der Waals surface area contributed by atoms with Crippen LogP contribution in [0.15, 0.2) is 17.1 Å². The Labute approximate surface area is 137 Å². The molecular formula is C17H18FN3O3. The van der Waals surface area contributed by atoms with Crippen molar-refractivity contribution in [1.29, 1.82) is 0 Å². The fourth-order valence-corrected chi connectivity index (χ4v) is 3.88. The van der Waals surface area contributed by atoms with Crippen LogP contribution in [0.5, 0.6) is 0 Å². The Morgan fingerprint density at radius 1 is 1.38 bits per heavy atom. The molecule has 2 N–H and O–H groups in total. The van der Waals surface area contributed by atoms with Gasteiger partial charge in [-0.3, -0.25) is 4.79 Å². The molecular weight excluding hydrogens is 313 g/mol. The van der Waals surface area contributed by atoms with E-state index in [1.165, 1.54) is 12.3 Å². The summed E-state index contributed by atoms with van der Waals surface area (Å²) in [5, 5.41) is 12.7.